The highest BCUT2D eigenvalue weighted by Crippen LogP contribution is 2.37. The number of benzene rings is 4. The quantitative estimate of drug-likeness (QED) is 0.301. The van der Waals surface area contributed by atoms with Crippen LogP contribution in [0.3, 0.4) is 0 Å². The maximum Gasteiger partial charge on any atom is 0.0543 e. The predicted octanol–water partition coefficient (Wildman–Crippen LogP) is 7.66. The molecule has 5 aromatic rings. The highest BCUT2D eigenvalue weighted by atomic mass is 15.0. The van der Waals surface area contributed by atoms with Gasteiger partial charge < -0.3 is 4.57 Å². The average molecular weight is 383 g/mol. The average Bonchev–Trinajstić information content (AvgIpc) is 3.47. The molecule has 1 aliphatic carbocycles. The largest absolute Gasteiger partial charge is 0.312 e. The van der Waals surface area contributed by atoms with Gasteiger partial charge in [-0.25, -0.2) is 0 Å². The number of fused-ring (bicyclic) bond motifs is 2. The van der Waals surface area contributed by atoms with Crippen molar-refractivity contribution < 1.29 is 0 Å². The summed E-state index contributed by atoms with van der Waals surface area (Å²) in [6, 6.07) is 35.0. The lowest BCUT2D eigenvalue weighted by molar-refractivity contribution is 0.944. The van der Waals surface area contributed by atoms with E-state index in [1.807, 2.05) is 0 Å². The molecule has 0 saturated carbocycles. The molecule has 4 aromatic carbocycles. The van der Waals surface area contributed by atoms with Gasteiger partial charge in [0.2, 0.25) is 0 Å². The Kier molecular flexibility index (Phi) is 3.92. The van der Waals surface area contributed by atoms with Crippen LogP contribution in [-0.4, -0.2) is 4.57 Å². The maximum absolute atomic E-state index is 2.45. The zero-order valence-electron chi connectivity index (χ0n) is 16.6. The van der Waals surface area contributed by atoms with E-state index in [4.69, 9.17) is 0 Å². The summed E-state index contributed by atoms with van der Waals surface area (Å²) in [5.41, 5.74) is 6.26. The molecule has 1 heterocycles. The van der Waals surface area contributed by atoms with Gasteiger partial charge in [0, 0.05) is 22.4 Å². The Morgan fingerprint density at radius 2 is 1.27 bits per heavy atom. The summed E-state index contributed by atoms with van der Waals surface area (Å²) in [4.78, 5) is 0. The lowest BCUT2D eigenvalue weighted by Gasteiger charge is -2.18. The highest BCUT2D eigenvalue weighted by Gasteiger charge is 2.19. The van der Waals surface area contributed by atoms with Gasteiger partial charge in [0.15, 0.2) is 0 Å². The minimum absolute atomic E-state index is 0.288. The summed E-state index contributed by atoms with van der Waals surface area (Å²) in [5, 5.41) is 3.80. The number of hydrogen-bond donors (Lipinski definition) is 0. The van der Waals surface area contributed by atoms with Crippen LogP contribution in [0.1, 0.15) is 11.6 Å². The number of aromatic nitrogens is 1. The molecule has 0 bridgehead atoms. The van der Waals surface area contributed by atoms with E-state index in [0.717, 1.165) is 0 Å². The van der Waals surface area contributed by atoms with Crippen LogP contribution in [0.25, 0.3) is 38.5 Å². The number of allylic oxidation sites excluding steroid dienone is 4. The van der Waals surface area contributed by atoms with E-state index < -0.39 is 0 Å². The van der Waals surface area contributed by atoms with Crippen LogP contribution < -0.4 is 0 Å². The monoisotopic (exact) mass is 383 g/mol. The van der Waals surface area contributed by atoms with Crippen LogP contribution in [0.5, 0.6) is 0 Å². The normalized spacial score (nSPS) is 13.6. The topological polar surface area (TPSA) is 4.93 Å². The summed E-state index contributed by atoms with van der Waals surface area (Å²) in [7, 11) is 0. The van der Waals surface area contributed by atoms with Crippen molar-refractivity contribution in [3.05, 3.63) is 127 Å². The van der Waals surface area contributed by atoms with Crippen LogP contribution in [-0.2, 0) is 0 Å². The van der Waals surface area contributed by atoms with Crippen molar-refractivity contribution in [1.82, 2.24) is 4.57 Å². The first kappa shape index (κ1) is 17.1. The van der Waals surface area contributed by atoms with E-state index in [9.17, 15) is 0 Å². The Morgan fingerprint density at radius 1 is 0.567 bits per heavy atom. The molecule has 0 N–H and O–H groups in total. The van der Waals surface area contributed by atoms with E-state index in [1.165, 1.54) is 44.2 Å². The van der Waals surface area contributed by atoms with Crippen LogP contribution in [0.4, 0.5) is 0 Å². The van der Waals surface area contributed by atoms with Crippen LogP contribution in [0, 0.1) is 0 Å². The van der Waals surface area contributed by atoms with Crippen molar-refractivity contribution in [1.29, 1.82) is 0 Å². The summed E-state index contributed by atoms with van der Waals surface area (Å²) in [5.74, 6) is 0.288. The van der Waals surface area contributed by atoms with Crippen LogP contribution >= 0.6 is 0 Å². The molecule has 1 nitrogen and oxygen atoms in total. The molecule has 0 saturated heterocycles. The molecule has 6 rings (SSSR count). The fourth-order valence-electron chi connectivity index (χ4n) is 4.59. The molecular weight excluding hydrogens is 362 g/mol. The molecule has 1 aliphatic rings. The first-order chi connectivity index (χ1) is 14.9. The van der Waals surface area contributed by atoms with Crippen LogP contribution in [0.2, 0.25) is 0 Å². The van der Waals surface area contributed by atoms with Gasteiger partial charge in [0.05, 0.1) is 11.2 Å². The third-order valence-electron chi connectivity index (χ3n) is 6.02. The molecular formula is C29H21N. The predicted molar refractivity (Wildman–Crippen MR) is 127 cm³/mol. The van der Waals surface area contributed by atoms with Gasteiger partial charge in [-0.15, -0.1) is 0 Å². The molecule has 0 unspecified atom stereocenters. The van der Waals surface area contributed by atoms with Gasteiger partial charge in [-0.05, 0) is 40.8 Å². The van der Waals surface area contributed by atoms with Gasteiger partial charge in [0.1, 0.15) is 0 Å². The third kappa shape index (κ3) is 2.71. The van der Waals surface area contributed by atoms with Crippen LogP contribution in [0.15, 0.2) is 121 Å². The Balaban J connectivity index is 1.71. The zero-order valence-corrected chi connectivity index (χ0v) is 16.6. The third-order valence-corrected chi connectivity index (χ3v) is 6.02. The van der Waals surface area contributed by atoms with Gasteiger partial charge in [-0.1, -0.05) is 97.1 Å². The molecule has 1 aromatic heterocycles. The Bertz CT molecular complexity index is 1420. The standard InChI is InChI=1S/C29H21N/c1-2-10-21(11-3-1)25-18-23-14-6-8-16-26(23)29(20-25)30-27-17-9-7-15-24(27)19-28(30)22-12-4-5-13-22/h1-20,22H. The van der Waals surface area contributed by atoms with Crippen molar-refractivity contribution >= 4 is 21.7 Å². The summed E-state index contributed by atoms with van der Waals surface area (Å²) in [6.45, 7) is 0. The lowest BCUT2D eigenvalue weighted by atomic mass is 9.99. The molecule has 1 heteroatoms. The minimum atomic E-state index is 0.288. The number of para-hydroxylation sites is 1. The Labute approximate surface area is 176 Å². The first-order valence-corrected chi connectivity index (χ1v) is 10.4. The molecule has 0 radical (unpaired) electrons. The molecule has 0 atom stereocenters. The van der Waals surface area contributed by atoms with E-state index in [-0.39, 0.29) is 5.92 Å². The second kappa shape index (κ2) is 6.89. The zero-order chi connectivity index (χ0) is 19.9. The lowest BCUT2D eigenvalue weighted by Crippen LogP contribution is -2.03. The molecule has 30 heavy (non-hydrogen) atoms. The van der Waals surface area contributed by atoms with Crippen molar-refractivity contribution in [2.45, 2.75) is 5.92 Å². The minimum Gasteiger partial charge on any atom is -0.312 e. The van der Waals surface area contributed by atoms with E-state index in [2.05, 4.69) is 126 Å². The fourth-order valence-corrected chi connectivity index (χ4v) is 4.59. The van der Waals surface area contributed by atoms with Gasteiger partial charge in [-0.2, -0.15) is 0 Å². The first-order valence-electron chi connectivity index (χ1n) is 10.4. The Hall–Kier alpha value is -3.84. The van der Waals surface area contributed by atoms with Crippen molar-refractivity contribution in [3.63, 3.8) is 0 Å². The smallest absolute Gasteiger partial charge is 0.0543 e. The molecule has 142 valence electrons. The van der Waals surface area contributed by atoms with E-state index in [1.54, 1.807) is 0 Å². The van der Waals surface area contributed by atoms with Gasteiger partial charge >= 0.3 is 0 Å². The molecule has 0 fully saturated rings. The number of nitrogens with zero attached hydrogens (tertiary/aromatic N) is 1. The molecule has 0 amide bonds. The number of rotatable bonds is 3. The van der Waals surface area contributed by atoms with Gasteiger partial charge in [0.25, 0.3) is 0 Å². The molecule has 0 aliphatic heterocycles. The SMILES string of the molecule is C1=CC(c2cc3ccccc3n2-c2cc(-c3ccccc3)cc3ccccc23)C=C1. The van der Waals surface area contributed by atoms with Crippen molar-refractivity contribution in [2.75, 3.05) is 0 Å². The fraction of sp³-hybridized carbons (Fsp3) is 0.0345. The molecule has 0 spiro atoms. The van der Waals surface area contributed by atoms with Gasteiger partial charge in [-0.3, -0.25) is 0 Å². The van der Waals surface area contributed by atoms with E-state index in [0.29, 0.717) is 0 Å². The second-order valence-corrected chi connectivity index (χ2v) is 7.84. The second-order valence-electron chi connectivity index (χ2n) is 7.84. The maximum atomic E-state index is 2.45. The van der Waals surface area contributed by atoms with Crippen molar-refractivity contribution in [3.8, 4) is 16.8 Å². The Morgan fingerprint density at radius 3 is 2.10 bits per heavy atom. The number of hydrogen-bond acceptors (Lipinski definition) is 0. The summed E-state index contributed by atoms with van der Waals surface area (Å²) < 4.78 is 2.45. The highest BCUT2D eigenvalue weighted by molar-refractivity contribution is 5.97. The van der Waals surface area contributed by atoms with Crippen molar-refractivity contribution in [2.24, 2.45) is 0 Å². The van der Waals surface area contributed by atoms with E-state index >= 15 is 0 Å². The summed E-state index contributed by atoms with van der Waals surface area (Å²) in [6.07, 6.45) is 8.83. The summed E-state index contributed by atoms with van der Waals surface area (Å²) >= 11 is 0.